The summed E-state index contributed by atoms with van der Waals surface area (Å²) in [5, 5.41) is 6.12. The van der Waals surface area contributed by atoms with Gasteiger partial charge in [0.2, 0.25) is 0 Å². The number of nitrogens with zero attached hydrogens (tertiary/aromatic N) is 1. The van der Waals surface area contributed by atoms with Gasteiger partial charge in [-0.2, -0.15) is 0 Å². The average molecular weight is 423 g/mol. The Labute approximate surface area is 175 Å². The molecule has 1 amide bonds. The van der Waals surface area contributed by atoms with E-state index in [1.165, 1.54) is 0 Å². The van der Waals surface area contributed by atoms with E-state index in [0.29, 0.717) is 17.7 Å². The number of carbonyl (C=O) groups is 1. The number of amides is 1. The molecule has 2 aliphatic rings. The summed E-state index contributed by atoms with van der Waals surface area (Å²) in [4.78, 5) is 17.9. The third-order valence-electron chi connectivity index (χ3n) is 5.26. The zero-order valence-electron chi connectivity index (χ0n) is 15.6. The highest BCUT2D eigenvalue weighted by Crippen LogP contribution is 2.54. The van der Waals surface area contributed by atoms with Crippen molar-refractivity contribution in [1.29, 1.82) is 0 Å². The van der Waals surface area contributed by atoms with Gasteiger partial charge >= 0.3 is 0 Å². The van der Waals surface area contributed by atoms with Gasteiger partial charge in [-0.05, 0) is 46.0 Å². The standard InChI is InChI=1S/C22H15NO2S3/c24-20-15-5-1-2-6-16(15)21-23(20)13-14-9-12-28-19(14)22(25-21,17-7-3-10-26-17)18-8-4-11-27-18/h1-12,21H,13H2/i21D. The number of hydrogen-bond acceptors (Lipinski definition) is 5. The lowest BCUT2D eigenvalue weighted by atomic mass is 9.94. The predicted molar refractivity (Wildman–Crippen MR) is 113 cm³/mol. The highest BCUT2D eigenvalue weighted by atomic mass is 32.1. The molecule has 2 aliphatic heterocycles. The smallest absolute Gasteiger partial charge is 0.256 e. The molecule has 0 spiro atoms. The molecule has 28 heavy (non-hydrogen) atoms. The molecular weight excluding hydrogens is 406 g/mol. The van der Waals surface area contributed by atoms with E-state index in [0.717, 1.165) is 20.2 Å². The number of hydrogen-bond donors (Lipinski definition) is 0. The topological polar surface area (TPSA) is 29.5 Å². The third kappa shape index (κ3) is 2.14. The number of fused-ring (bicyclic) bond motifs is 4. The lowest BCUT2D eigenvalue weighted by molar-refractivity contribution is -0.0992. The minimum absolute atomic E-state index is 0.152. The maximum atomic E-state index is 13.2. The van der Waals surface area contributed by atoms with Crippen molar-refractivity contribution in [3.8, 4) is 0 Å². The minimum Gasteiger partial charge on any atom is -0.331 e. The van der Waals surface area contributed by atoms with Gasteiger partial charge in [-0.1, -0.05) is 30.3 Å². The first kappa shape index (κ1) is 15.6. The molecule has 0 fully saturated rings. The average Bonchev–Trinajstić information content (AvgIpc) is 3.53. The van der Waals surface area contributed by atoms with Gasteiger partial charge in [0.1, 0.15) is 0 Å². The number of thiophene rings is 3. The maximum Gasteiger partial charge on any atom is 0.256 e. The molecule has 138 valence electrons. The van der Waals surface area contributed by atoms with E-state index in [1.54, 1.807) is 45.0 Å². The Bertz CT molecular complexity index is 1180. The molecular formula is C22H15NO2S3. The molecule has 0 aliphatic carbocycles. The van der Waals surface area contributed by atoms with Gasteiger partial charge in [0.05, 0.1) is 12.8 Å². The second-order valence-corrected chi connectivity index (χ2v) is 9.57. The Morgan fingerprint density at radius 1 is 0.964 bits per heavy atom. The number of ether oxygens (including phenoxy) is 1. The number of rotatable bonds is 2. The largest absolute Gasteiger partial charge is 0.331 e. The zero-order chi connectivity index (χ0) is 19.6. The van der Waals surface area contributed by atoms with Gasteiger partial charge in [0, 0.05) is 20.9 Å². The normalized spacial score (nSPS) is 22.9. The van der Waals surface area contributed by atoms with Crippen LogP contribution >= 0.6 is 34.0 Å². The minimum atomic E-state index is -1.60. The molecule has 3 nitrogen and oxygen atoms in total. The molecule has 6 heteroatoms. The number of carbonyl (C=O) groups excluding carboxylic acids is 1. The Balaban J connectivity index is 1.69. The van der Waals surface area contributed by atoms with Crippen LogP contribution in [0.2, 0.25) is 0 Å². The van der Waals surface area contributed by atoms with Crippen molar-refractivity contribution in [1.82, 2.24) is 4.90 Å². The third-order valence-corrected chi connectivity index (χ3v) is 8.26. The van der Waals surface area contributed by atoms with Gasteiger partial charge in [0.15, 0.2) is 11.8 Å². The van der Waals surface area contributed by atoms with E-state index >= 15 is 0 Å². The van der Waals surface area contributed by atoms with E-state index < -0.39 is 11.8 Å². The van der Waals surface area contributed by atoms with Crippen LogP contribution in [0.25, 0.3) is 0 Å². The van der Waals surface area contributed by atoms with Crippen LogP contribution in [-0.2, 0) is 16.9 Å². The Morgan fingerprint density at radius 3 is 2.43 bits per heavy atom. The molecule has 0 N–H and O–H groups in total. The fraction of sp³-hybridized carbons (Fsp3) is 0.136. The van der Waals surface area contributed by atoms with Crippen LogP contribution in [0.1, 0.15) is 43.7 Å². The van der Waals surface area contributed by atoms with Crippen LogP contribution in [0, 0.1) is 0 Å². The van der Waals surface area contributed by atoms with Crippen LogP contribution < -0.4 is 0 Å². The molecule has 5 heterocycles. The van der Waals surface area contributed by atoms with Crippen molar-refractivity contribution in [2.45, 2.75) is 18.3 Å². The number of benzene rings is 1. The van der Waals surface area contributed by atoms with Gasteiger partial charge in [-0.15, -0.1) is 34.0 Å². The highest BCUT2D eigenvalue weighted by molar-refractivity contribution is 7.13. The monoisotopic (exact) mass is 422 g/mol. The molecule has 1 unspecified atom stereocenters. The maximum absolute atomic E-state index is 13.2. The van der Waals surface area contributed by atoms with Crippen molar-refractivity contribution in [3.63, 3.8) is 0 Å². The zero-order valence-corrected chi connectivity index (χ0v) is 17.1. The van der Waals surface area contributed by atoms with Crippen molar-refractivity contribution in [2.75, 3.05) is 0 Å². The van der Waals surface area contributed by atoms with Crippen LogP contribution in [0.15, 0.2) is 70.7 Å². The molecule has 0 saturated carbocycles. The summed E-state index contributed by atoms with van der Waals surface area (Å²) in [6.07, 6.45) is -1.60. The van der Waals surface area contributed by atoms with Gasteiger partial charge in [-0.25, -0.2) is 0 Å². The van der Waals surface area contributed by atoms with Crippen molar-refractivity contribution >= 4 is 39.9 Å². The fourth-order valence-electron chi connectivity index (χ4n) is 4.03. The fourth-order valence-corrected chi connectivity index (χ4v) is 7.06. The summed E-state index contributed by atoms with van der Waals surface area (Å²) in [7, 11) is 0. The van der Waals surface area contributed by atoms with E-state index in [1.807, 2.05) is 41.1 Å². The van der Waals surface area contributed by atoms with Crippen LogP contribution in [0.4, 0.5) is 0 Å². The second kappa shape index (κ2) is 6.12. The van der Waals surface area contributed by atoms with Gasteiger partial charge < -0.3 is 9.64 Å². The molecule has 0 bridgehead atoms. The van der Waals surface area contributed by atoms with E-state index in [4.69, 9.17) is 4.74 Å². The molecule has 0 radical (unpaired) electrons. The lowest BCUT2D eigenvalue weighted by Gasteiger charge is -2.34. The molecule has 6 rings (SSSR count). The van der Waals surface area contributed by atoms with Crippen molar-refractivity contribution in [2.24, 2.45) is 0 Å². The quantitative estimate of drug-likeness (QED) is 0.406. The summed E-state index contributed by atoms with van der Waals surface area (Å²) < 4.78 is 16.3. The van der Waals surface area contributed by atoms with Crippen LogP contribution in [0.5, 0.6) is 0 Å². The Kier molecular flexibility index (Phi) is 3.42. The summed E-state index contributed by atoms with van der Waals surface area (Å²) in [5.74, 6) is -0.152. The first-order valence-electron chi connectivity index (χ1n) is 9.41. The second-order valence-electron chi connectivity index (χ2n) is 6.75. The highest BCUT2D eigenvalue weighted by Gasteiger charge is 2.51. The first-order valence-corrected chi connectivity index (χ1v) is 11.5. The van der Waals surface area contributed by atoms with Crippen molar-refractivity contribution in [3.05, 3.63) is 102 Å². The predicted octanol–water partition coefficient (Wildman–Crippen LogP) is 5.85. The van der Waals surface area contributed by atoms with Gasteiger partial charge in [-0.3, -0.25) is 4.79 Å². The molecule has 3 aromatic heterocycles. The first-order chi connectivity index (χ1) is 14.1. The van der Waals surface area contributed by atoms with Crippen molar-refractivity contribution < 1.29 is 10.9 Å². The van der Waals surface area contributed by atoms with E-state index in [9.17, 15) is 6.17 Å². The van der Waals surface area contributed by atoms with E-state index in [-0.39, 0.29) is 5.91 Å². The summed E-state index contributed by atoms with van der Waals surface area (Å²) in [6.45, 7) is 0.356. The van der Waals surface area contributed by atoms with Crippen LogP contribution in [-0.4, -0.2) is 10.8 Å². The van der Waals surface area contributed by atoms with E-state index in [2.05, 4.69) is 23.6 Å². The molecule has 1 aromatic carbocycles. The molecule has 4 aromatic rings. The van der Waals surface area contributed by atoms with Crippen LogP contribution in [0.3, 0.4) is 0 Å². The SMILES string of the molecule is [2H]C12OC(c3cccs3)(c3cccs3)c3sccc3CN1C(=O)c1ccccc12. The summed E-state index contributed by atoms with van der Waals surface area (Å²) in [5.41, 5.74) is 1.28. The lowest BCUT2D eigenvalue weighted by Crippen LogP contribution is -2.34. The molecule has 0 saturated heterocycles. The Hall–Kier alpha value is -2.25. The summed E-state index contributed by atoms with van der Waals surface area (Å²) in [6, 6.07) is 17.6. The molecule has 1 atom stereocenters. The Morgan fingerprint density at radius 2 is 1.71 bits per heavy atom. The summed E-state index contributed by atoms with van der Waals surface area (Å²) >= 11 is 4.87. The van der Waals surface area contributed by atoms with Gasteiger partial charge in [0.25, 0.3) is 5.91 Å².